The number of aromatic nitrogens is 1. The van der Waals surface area contributed by atoms with Gasteiger partial charge in [0.2, 0.25) is 5.43 Å². The quantitative estimate of drug-likeness (QED) is 0.433. The van der Waals surface area contributed by atoms with Gasteiger partial charge in [-0.05, 0) is 32.1 Å². The number of hydrogen-bond donors (Lipinski definition) is 4. The van der Waals surface area contributed by atoms with Crippen LogP contribution in [0.15, 0.2) is 11.0 Å². The van der Waals surface area contributed by atoms with Crippen LogP contribution in [0.3, 0.4) is 0 Å². The molecule has 3 heterocycles. The van der Waals surface area contributed by atoms with Crippen molar-refractivity contribution in [3.05, 3.63) is 27.8 Å². The Morgan fingerprint density at radius 1 is 1.40 bits per heavy atom. The van der Waals surface area contributed by atoms with Gasteiger partial charge in [0, 0.05) is 24.8 Å². The first-order valence-corrected chi connectivity index (χ1v) is 10.1. The molecule has 5 rings (SSSR count). The van der Waals surface area contributed by atoms with E-state index in [1.54, 1.807) is 4.57 Å². The number of halogens is 1. The lowest BCUT2D eigenvalue weighted by Crippen LogP contribution is -2.40. The van der Waals surface area contributed by atoms with Gasteiger partial charge in [-0.25, -0.2) is 9.18 Å². The summed E-state index contributed by atoms with van der Waals surface area (Å²) in [6.07, 6.45) is 3.81. The highest BCUT2D eigenvalue weighted by molar-refractivity contribution is 6.04. The Kier molecular flexibility index (Phi) is 4.19. The molecule has 3 atom stereocenters. The van der Waals surface area contributed by atoms with Crippen molar-refractivity contribution < 1.29 is 19.0 Å². The summed E-state index contributed by atoms with van der Waals surface area (Å²) in [4.78, 5) is 26.6. The van der Waals surface area contributed by atoms with Gasteiger partial charge in [-0.15, -0.1) is 0 Å². The standard InChI is InChI=1S/C20H24FN5O4/c1-8(22)9-4-11-7-30-19-16-13(15(24-23)14(21)17(19)25(11)5-9)18(27)12(20(28)29)6-26(16)10-2-3-10/h6,8-11,24H,2-5,7,22-23H2,1H3,(H,28,29). The largest absolute Gasteiger partial charge is 0.487 e. The van der Waals surface area contributed by atoms with Crippen molar-refractivity contribution in [3.8, 4) is 5.75 Å². The molecule has 9 nitrogen and oxygen atoms in total. The molecule has 1 saturated carbocycles. The summed E-state index contributed by atoms with van der Waals surface area (Å²) in [6, 6.07) is -0.0361. The van der Waals surface area contributed by atoms with E-state index < -0.39 is 22.8 Å². The zero-order valence-electron chi connectivity index (χ0n) is 16.5. The van der Waals surface area contributed by atoms with Gasteiger partial charge in [0.15, 0.2) is 11.6 Å². The minimum Gasteiger partial charge on any atom is -0.487 e. The highest BCUT2D eigenvalue weighted by Crippen LogP contribution is 2.50. The van der Waals surface area contributed by atoms with E-state index in [0.717, 1.165) is 19.3 Å². The number of aromatic carboxylic acids is 1. The molecule has 2 fully saturated rings. The van der Waals surface area contributed by atoms with Crippen molar-refractivity contribution in [2.24, 2.45) is 17.5 Å². The number of rotatable bonds is 4. The van der Waals surface area contributed by atoms with Crippen molar-refractivity contribution in [1.29, 1.82) is 0 Å². The van der Waals surface area contributed by atoms with E-state index in [9.17, 15) is 14.7 Å². The van der Waals surface area contributed by atoms with Crippen LogP contribution in [0.5, 0.6) is 5.75 Å². The van der Waals surface area contributed by atoms with Gasteiger partial charge in [0.25, 0.3) is 0 Å². The maximum Gasteiger partial charge on any atom is 0.341 e. The van der Waals surface area contributed by atoms with Gasteiger partial charge in [0.1, 0.15) is 23.5 Å². The molecule has 10 heteroatoms. The minimum absolute atomic E-state index is 0.0227. The first-order chi connectivity index (χ1) is 14.3. The minimum atomic E-state index is -1.36. The average Bonchev–Trinajstić information content (AvgIpc) is 3.45. The van der Waals surface area contributed by atoms with E-state index in [2.05, 4.69) is 5.43 Å². The summed E-state index contributed by atoms with van der Waals surface area (Å²) < 4.78 is 23.5. The molecular weight excluding hydrogens is 393 g/mol. The van der Waals surface area contributed by atoms with E-state index >= 15 is 4.39 Å². The van der Waals surface area contributed by atoms with Crippen molar-refractivity contribution in [3.63, 3.8) is 0 Å². The maximum atomic E-state index is 15.7. The lowest BCUT2D eigenvalue weighted by molar-refractivity contribution is 0.0695. The summed E-state index contributed by atoms with van der Waals surface area (Å²) in [5.41, 5.74) is 7.64. The Balaban J connectivity index is 1.84. The molecular formula is C20H24FN5O4. The van der Waals surface area contributed by atoms with Crippen molar-refractivity contribution >= 4 is 28.2 Å². The van der Waals surface area contributed by atoms with Gasteiger partial charge in [-0.1, -0.05) is 0 Å². The summed E-state index contributed by atoms with van der Waals surface area (Å²) in [7, 11) is 0. The number of fused-ring (bicyclic) bond motifs is 5. The van der Waals surface area contributed by atoms with Gasteiger partial charge < -0.3 is 30.5 Å². The van der Waals surface area contributed by atoms with Crippen LogP contribution in [0.4, 0.5) is 15.8 Å². The Morgan fingerprint density at radius 2 is 2.13 bits per heavy atom. The number of benzene rings is 1. The maximum absolute atomic E-state index is 15.7. The molecule has 2 aliphatic heterocycles. The highest BCUT2D eigenvalue weighted by atomic mass is 19.1. The number of nitrogens with two attached hydrogens (primary N) is 2. The van der Waals surface area contributed by atoms with E-state index in [1.807, 2.05) is 11.8 Å². The lowest BCUT2D eigenvalue weighted by atomic mass is 9.99. The first kappa shape index (κ1) is 19.1. The monoisotopic (exact) mass is 417 g/mol. The van der Waals surface area contributed by atoms with E-state index in [0.29, 0.717) is 18.7 Å². The number of carbonyl (C=O) groups is 1. The molecule has 1 saturated heterocycles. The fourth-order valence-electron chi connectivity index (χ4n) is 4.80. The number of carboxylic acid groups (broad SMARTS) is 1. The second-order valence-electron chi connectivity index (χ2n) is 8.52. The van der Waals surface area contributed by atoms with Crippen molar-refractivity contribution in [2.45, 2.75) is 44.3 Å². The summed E-state index contributed by atoms with van der Waals surface area (Å²) >= 11 is 0. The summed E-state index contributed by atoms with van der Waals surface area (Å²) in [6.45, 7) is 2.86. The SMILES string of the molecule is CC(N)C1CC2COc3c(c(F)c(NN)c4c(=O)c(C(=O)O)cn(C5CC5)c34)N2C1. The third-order valence-electron chi connectivity index (χ3n) is 6.56. The van der Waals surface area contributed by atoms with Crippen LogP contribution in [-0.2, 0) is 0 Å². The number of pyridine rings is 1. The molecule has 3 aliphatic rings. The number of hydrogen-bond acceptors (Lipinski definition) is 7. The van der Waals surface area contributed by atoms with Gasteiger partial charge >= 0.3 is 5.97 Å². The van der Waals surface area contributed by atoms with E-state index in [-0.39, 0.29) is 46.6 Å². The fraction of sp³-hybridized carbons (Fsp3) is 0.500. The van der Waals surface area contributed by atoms with Crippen LogP contribution in [0.2, 0.25) is 0 Å². The zero-order chi connectivity index (χ0) is 21.3. The fourth-order valence-corrected chi connectivity index (χ4v) is 4.80. The predicted molar refractivity (Wildman–Crippen MR) is 110 cm³/mol. The Bertz CT molecular complexity index is 1130. The van der Waals surface area contributed by atoms with Crippen molar-refractivity contribution in [2.75, 3.05) is 23.5 Å². The molecule has 6 N–H and O–H groups in total. The number of carboxylic acids is 1. The topological polar surface area (TPSA) is 136 Å². The normalized spacial score (nSPS) is 23.7. The number of ether oxygens (including phenoxy) is 1. The average molecular weight is 417 g/mol. The van der Waals surface area contributed by atoms with Crippen LogP contribution in [-0.4, -0.2) is 40.9 Å². The molecule has 0 amide bonds. The molecule has 1 aliphatic carbocycles. The number of anilines is 2. The van der Waals surface area contributed by atoms with E-state index in [1.165, 1.54) is 6.20 Å². The van der Waals surface area contributed by atoms with Crippen molar-refractivity contribution in [1.82, 2.24) is 4.57 Å². The zero-order valence-corrected chi connectivity index (χ0v) is 16.5. The molecule has 2 aromatic rings. The predicted octanol–water partition coefficient (Wildman–Crippen LogP) is 1.39. The van der Waals surface area contributed by atoms with Gasteiger partial charge in [-0.3, -0.25) is 10.6 Å². The molecule has 0 radical (unpaired) electrons. The molecule has 1 aromatic carbocycles. The number of nitrogen functional groups attached to an aromatic ring is 1. The van der Waals surface area contributed by atoms with Crippen LogP contribution < -0.4 is 32.1 Å². The summed E-state index contributed by atoms with van der Waals surface area (Å²) in [5, 5.41) is 9.42. The molecule has 1 aromatic heterocycles. The van der Waals surface area contributed by atoms with Gasteiger partial charge in [0.05, 0.1) is 16.9 Å². The van der Waals surface area contributed by atoms with Crippen LogP contribution in [0.1, 0.15) is 42.6 Å². The van der Waals surface area contributed by atoms with Crippen LogP contribution >= 0.6 is 0 Å². The summed E-state index contributed by atoms with van der Waals surface area (Å²) in [5.74, 6) is 4.02. The second kappa shape index (κ2) is 6.58. The molecule has 0 spiro atoms. The first-order valence-electron chi connectivity index (χ1n) is 10.1. The van der Waals surface area contributed by atoms with E-state index in [4.69, 9.17) is 16.3 Å². The number of hydrazine groups is 1. The Hall–Kier alpha value is -2.85. The molecule has 160 valence electrons. The second-order valence-corrected chi connectivity index (χ2v) is 8.52. The number of nitrogens with zero attached hydrogens (tertiary/aromatic N) is 2. The molecule has 0 bridgehead atoms. The van der Waals surface area contributed by atoms with Gasteiger partial charge in [-0.2, -0.15) is 0 Å². The highest BCUT2D eigenvalue weighted by Gasteiger charge is 2.43. The molecule has 30 heavy (non-hydrogen) atoms. The van der Waals surface area contributed by atoms with Crippen LogP contribution in [0, 0.1) is 11.7 Å². The lowest BCUT2D eigenvalue weighted by Gasteiger charge is -2.35. The third kappa shape index (κ3) is 2.60. The smallest absolute Gasteiger partial charge is 0.341 e. The third-order valence-corrected chi connectivity index (χ3v) is 6.56. The Morgan fingerprint density at radius 3 is 2.73 bits per heavy atom. The molecule has 3 unspecified atom stereocenters. The Labute approximate surface area is 171 Å². The van der Waals surface area contributed by atoms with Crippen LogP contribution in [0.25, 0.3) is 10.9 Å². The number of nitrogens with one attached hydrogen (secondary N) is 1.